The van der Waals surface area contributed by atoms with Crippen molar-refractivity contribution in [2.75, 3.05) is 26.4 Å². The van der Waals surface area contributed by atoms with Crippen LogP contribution in [0, 0.1) is 0 Å². The van der Waals surface area contributed by atoms with Crippen LogP contribution in [-0.2, 0) is 14.3 Å². The van der Waals surface area contributed by atoms with Crippen LogP contribution in [0.25, 0.3) is 0 Å². The number of rotatable bonds is 9. The minimum atomic E-state index is -0.163. The first kappa shape index (κ1) is 14.4. The van der Waals surface area contributed by atoms with Crippen LogP contribution in [0.2, 0.25) is 0 Å². The second-order valence-electron chi connectivity index (χ2n) is 3.50. The van der Waals surface area contributed by atoms with Gasteiger partial charge < -0.3 is 14.8 Å². The monoisotopic (exact) mass is 217 g/mol. The molecule has 0 aromatic carbocycles. The number of carbonyl (C=O) groups is 1. The van der Waals surface area contributed by atoms with Crippen LogP contribution in [0.1, 0.15) is 33.6 Å². The lowest BCUT2D eigenvalue weighted by Crippen LogP contribution is -2.29. The lowest BCUT2D eigenvalue weighted by atomic mass is 10.2. The van der Waals surface area contributed by atoms with Crippen LogP contribution in [0.3, 0.4) is 0 Å². The van der Waals surface area contributed by atoms with Gasteiger partial charge in [-0.1, -0.05) is 13.8 Å². The Hall–Kier alpha value is -0.610. The van der Waals surface area contributed by atoms with E-state index < -0.39 is 0 Å². The Labute approximate surface area is 92.3 Å². The predicted octanol–water partition coefficient (Wildman–Crippen LogP) is 1.34. The highest BCUT2D eigenvalue weighted by molar-refractivity contribution is 5.70. The summed E-state index contributed by atoms with van der Waals surface area (Å²) in [6, 6.07) is 0.180. The maximum Gasteiger partial charge on any atom is 0.307 e. The highest BCUT2D eigenvalue weighted by Crippen LogP contribution is 1.94. The molecule has 1 N–H and O–H groups in total. The molecule has 0 radical (unpaired) electrons. The molecule has 0 aromatic heterocycles. The molecule has 0 heterocycles. The van der Waals surface area contributed by atoms with Crippen molar-refractivity contribution in [3.8, 4) is 0 Å². The standard InChI is InChI=1S/C11H23NO3/c1-4-6-14-7-8-15-11(13)9-10(3)12-5-2/h10,12H,4-9H2,1-3H3. The van der Waals surface area contributed by atoms with Gasteiger partial charge in [-0.2, -0.15) is 0 Å². The summed E-state index contributed by atoms with van der Waals surface area (Å²) in [6.45, 7) is 8.48. The summed E-state index contributed by atoms with van der Waals surface area (Å²) >= 11 is 0. The molecule has 15 heavy (non-hydrogen) atoms. The fourth-order valence-corrected chi connectivity index (χ4v) is 1.19. The van der Waals surface area contributed by atoms with E-state index in [-0.39, 0.29) is 12.0 Å². The van der Waals surface area contributed by atoms with Gasteiger partial charge >= 0.3 is 5.97 Å². The Balaban J connectivity index is 3.32. The van der Waals surface area contributed by atoms with Gasteiger partial charge in [-0.25, -0.2) is 0 Å². The Morgan fingerprint density at radius 2 is 2.00 bits per heavy atom. The van der Waals surface area contributed by atoms with Crippen LogP contribution in [0.15, 0.2) is 0 Å². The molecule has 0 amide bonds. The van der Waals surface area contributed by atoms with Crippen LogP contribution in [0.5, 0.6) is 0 Å². The Bertz CT molecular complexity index is 162. The van der Waals surface area contributed by atoms with E-state index in [1.54, 1.807) is 0 Å². The lowest BCUT2D eigenvalue weighted by molar-refractivity contribution is -0.145. The zero-order valence-corrected chi connectivity index (χ0v) is 10.0. The lowest BCUT2D eigenvalue weighted by Gasteiger charge is -2.11. The number of nitrogens with one attached hydrogen (secondary N) is 1. The highest BCUT2D eigenvalue weighted by Gasteiger charge is 2.08. The number of esters is 1. The number of hydrogen-bond donors (Lipinski definition) is 1. The van der Waals surface area contributed by atoms with Crippen LogP contribution in [0.4, 0.5) is 0 Å². The second kappa shape index (κ2) is 9.93. The smallest absolute Gasteiger partial charge is 0.307 e. The van der Waals surface area contributed by atoms with Gasteiger partial charge in [-0.15, -0.1) is 0 Å². The van der Waals surface area contributed by atoms with Crippen LogP contribution >= 0.6 is 0 Å². The quantitative estimate of drug-likeness (QED) is 0.468. The van der Waals surface area contributed by atoms with Gasteiger partial charge in [0, 0.05) is 12.6 Å². The fraction of sp³-hybridized carbons (Fsp3) is 0.909. The summed E-state index contributed by atoms with van der Waals surface area (Å²) in [5.41, 5.74) is 0. The number of ether oxygens (including phenoxy) is 2. The van der Waals surface area contributed by atoms with E-state index >= 15 is 0 Å². The van der Waals surface area contributed by atoms with Crippen molar-refractivity contribution in [2.45, 2.75) is 39.7 Å². The first-order valence-electron chi connectivity index (χ1n) is 5.67. The van der Waals surface area contributed by atoms with Crippen molar-refractivity contribution in [3.63, 3.8) is 0 Å². The van der Waals surface area contributed by atoms with Crippen molar-refractivity contribution < 1.29 is 14.3 Å². The third-order valence-electron chi connectivity index (χ3n) is 1.86. The normalized spacial score (nSPS) is 12.5. The van der Waals surface area contributed by atoms with E-state index in [4.69, 9.17) is 9.47 Å². The molecule has 90 valence electrons. The average Bonchev–Trinajstić information content (AvgIpc) is 2.17. The van der Waals surface area contributed by atoms with E-state index in [2.05, 4.69) is 5.32 Å². The first-order chi connectivity index (χ1) is 7.20. The van der Waals surface area contributed by atoms with E-state index in [0.29, 0.717) is 19.6 Å². The van der Waals surface area contributed by atoms with Gasteiger partial charge in [0.2, 0.25) is 0 Å². The van der Waals surface area contributed by atoms with E-state index in [0.717, 1.165) is 19.6 Å². The molecule has 4 nitrogen and oxygen atoms in total. The summed E-state index contributed by atoms with van der Waals surface area (Å²) in [5.74, 6) is -0.163. The number of hydrogen-bond acceptors (Lipinski definition) is 4. The summed E-state index contributed by atoms with van der Waals surface area (Å²) < 4.78 is 10.2. The third kappa shape index (κ3) is 9.69. The molecule has 0 bridgehead atoms. The van der Waals surface area contributed by atoms with Crippen molar-refractivity contribution in [2.24, 2.45) is 0 Å². The minimum absolute atomic E-state index is 0.163. The molecule has 0 fully saturated rings. The Morgan fingerprint density at radius 3 is 2.60 bits per heavy atom. The Morgan fingerprint density at radius 1 is 1.27 bits per heavy atom. The molecule has 1 atom stereocenters. The largest absolute Gasteiger partial charge is 0.463 e. The van der Waals surface area contributed by atoms with Gasteiger partial charge in [0.05, 0.1) is 13.0 Å². The Kier molecular flexibility index (Phi) is 9.52. The van der Waals surface area contributed by atoms with E-state index in [1.165, 1.54) is 0 Å². The highest BCUT2D eigenvalue weighted by atomic mass is 16.6. The zero-order valence-electron chi connectivity index (χ0n) is 10.0. The van der Waals surface area contributed by atoms with Gasteiger partial charge in [0.25, 0.3) is 0 Å². The molecule has 0 aliphatic carbocycles. The molecule has 0 aromatic rings. The third-order valence-corrected chi connectivity index (χ3v) is 1.86. The van der Waals surface area contributed by atoms with Crippen LogP contribution < -0.4 is 5.32 Å². The summed E-state index contributed by atoms with van der Waals surface area (Å²) in [4.78, 5) is 11.2. The van der Waals surface area contributed by atoms with Crippen LogP contribution in [-0.4, -0.2) is 38.4 Å². The summed E-state index contributed by atoms with van der Waals surface area (Å²) in [5, 5.41) is 3.16. The van der Waals surface area contributed by atoms with Gasteiger partial charge in [0.1, 0.15) is 6.61 Å². The van der Waals surface area contributed by atoms with Crippen molar-refractivity contribution in [3.05, 3.63) is 0 Å². The molecule has 0 saturated carbocycles. The van der Waals surface area contributed by atoms with Crippen molar-refractivity contribution in [1.82, 2.24) is 5.32 Å². The van der Waals surface area contributed by atoms with E-state index in [9.17, 15) is 4.79 Å². The maximum absolute atomic E-state index is 11.2. The molecular weight excluding hydrogens is 194 g/mol. The molecule has 0 aliphatic heterocycles. The molecule has 4 heteroatoms. The molecule has 1 unspecified atom stereocenters. The molecule has 0 aliphatic rings. The second-order valence-corrected chi connectivity index (χ2v) is 3.50. The van der Waals surface area contributed by atoms with Gasteiger partial charge in [-0.05, 0) is 19.9 Å². The van der Waals surface area contributed by atoms with Crippen molar-refractivity contribution in [1.29, 1.82) is 0 Å². The fourth-order valence-electron chi connectivity index (χ4n) is 1.19. The maximum atomic E-state index is 11.2. The minimum Gasteiger partial charge on any atom is -0.463 e. The number of carbonyl (C=O) groups excluding carboxylic acids is 1. The molecular formula is C11H23NO3. The first-order valence-corrected chi connectivity index (χ1v) is 5.67. The zero-order chi connectivity index (χ0) is 11.5. The van der Waals surface area contributed by atoms with E-state index in [1.807, 2.05) is 20.8 Å². The summed E-state index contributed by atoms with van der Waals surface area (Å²) in [7, 11) is 0. The molecule has 0 spiro atoms. The van der Waals surface area contributed by atoms with Gasteiger partial charge in [0.15, 0.2) is 0 Å². The molecule has 0 saturated heterocycles. The topological polar surface area (TPSA) is 47.6 Å². The SMILES string of the molecule is CCCOCCOC(=O)CC(C)NCC. The average molecular weight is 217 g/mol. The summed E-state index contributed by atoms with van der Waals surface area (Å²) in [6.07, 6.45) is 1.41. The molecule has 0 rings (SSSR count). The predicted molar refractivity (Wildman–Crippen MR) is 59.8 cm³/mol. The van der Waals surface area contributed by atoms with Gasteiger partial charge in [-0.3, -0.25) is 4.79 Å². The van der Waals surface area contributed by atoms with Crippen molar-refractivity contribution >= 4 is 5.97 Å².